The molecular formula is C29H32N4O. The van der Waals surface area contributed by atoms with Crippen LogP contribution in [0.5, 0.6) is 0 Å². The second-order valence-electron chi connectivity index (χ2n) is 10.3. The molecule has 1 aliphatic heterocycles. The number of aromatic amines is 1. The minimum atomic E-state index is -0.430. The molecule has 0 bridgehead atoms. The largest absolute Gasteiger partial charge is 0.345 e. The normalized spacial score (nSPS) is 16.8. The minimum Gasteiger partial charge on any atom is -0.345 e. The van der Waals surface area contributed by atoms with E-state index in [4.69, 9.17) is 4.98 Å². The first-order chi connectivity index (χ1) is 16.5. The monoisotopic (exact) mass is 452 g/mol. The van der Waals surface area contributed by atoms with Gasteiger partial charge in [-0.3, -0.25) is 4.90 Å². The zero-order chi connectivity index (χ0) is 23.5. The topological polar surface area (TPSA) is 61.9 Å². The van der Waals surface area contributed by atoms with Crippen LogP contribution in [-0.4, -0.2) is 39.2 Å². The summed E-state index contributed by atoms with van der Waals surface area (Å²) in [7, 11) is 0. The Kier molecular flexibility index (Phi) is 6.29. The van der Waals surface area contributed by atoms with Crippen molar-refractivity contribution < 1.29 is 4.79 Å². The highest BCUT2D eigenvalue weighted by Gasteiger charge is 2.23. The molecule has 0 saturated carbocycles. The fourth-order valence-electron chi connectivity index (χ4n) is 5.01. The number of H-pyrrole nitrogens is 1. The van der Waals surface area contributed by atoms with Crippen molar-refractivity contribution in [1.29, 1.82) is 0 Å². The van der Waals surface area contributed by atoms with E-state index in [9.17, 15) is 4.79 Å². The van der Waals surface area contributed by atoms with Crippen molar-refractivity contribution in [3.05, 3.63) is 83.7 Å². The third-order valence-corrected chi connectivity index (χ3v) is 6.79. The molecule has 5 heteroatoms. The standard InChI is InChI=1S/C29H32N4O/c1-29(2,20-34)15-25-16-30-28-27(25)32-26(17-31-28)24-10-6-9-22(14-24)18-33-12-11-23(19-33)13-21-7-4-3-5-8-21/h3-10,14,16-17,20,23H,11-13,15,18-19H2,1-2H3,(H,30,31). The van der Waals surface area contributed by atoms with Gasteiger partial charge in [0.05, 0.1) is 11.9 Å². The number of nitrogens with zero attached hydrogens (tertiary/aromatic N) is 3. The number of aldehydes is 1. The quantitative estimate of drug-likeness (QED) is 0.361. The molecule has 0 amide bonds. The van der Waals surface area contributed by atoms with Crippen LogP contribution in [-0.2, 0) is 24.2 Å². The van der Waals surface area contributed by atoms with E-state index in [1.807, 2.05) is 26.2 Å². The molecule has 5 rings (SSSR count). The van der Waals surface area contributed by atoms with E-state index in [1.54, 1.807) is 0 Å². The summed E-state index contributed by atoms with van der Waals surface area (Å²) >= 11 is 0. The zero-order valence-corrected chi connectivity index (χ0v) is 20.0. The number of hydrogen-bond donors (Lipinski definition) is 1. The van der Waals surface area contributed by atoms with Crippen molar-refractivity contribution in [2.75, 3.05) is 13.1 Å². The van der Waals surface area contributed by atoms with Gasteiger partial charge in [-0.05, 0) is 54.5 Å². The minimum absolute atomic E-state index is 0.430. The Bertz CT molecular complexity index is 1280. The van der Waals surface area contributed by atoms with Gasteiger partial charge in [-0.15, -0.1) is 0 Å². The van der Waals surface area contributed by atoms with Gasteiger partial charge in [0.25, 0.3) is 0 Å². The maximum atomic E-state index is 11.4. The number of rotatable bonds is 8. The second kappa shape index (κ2) is 9.51. The van der Waals surface area contributed by atoms with Crippen LogP contribution < -0.4 is 0 Å². The highest BCUT2D eigenvalue weighted by molar-refractivity contribution is 5.78. The van der Waals surface area contributed by atoms with Crippen molar-refractivity contribution in [3.8, 4) is 11.3 Å². The molecule has 1 fully saturated rings. The number of aromatic nitrogens is 3. The Morgan fingerprint density at radius 1 is 1.12 bits per heavy atom. The number of nitrogens with one attached hydrogen (secondary N) is 1. The van der Waals surface area contributed by atoms with Crippen molar-refractivity contribution in [1.82, 2.24) is 19.9 Å². The summed E-state index contributed by atoms with van der Waals surface area (Å²) in [5.74, 6) is 0.724. The van der Waals surface area contributed by atoms with Crippen molar-refractivity contribution in [3.63, 3.8) is 0 Å². The molecule has 4 aromatic rings. The summed E-state index contributed by atoms with van der Waals surface area (Å²) in [5, 5.41) is 0. The molecule has 1 N–H and O–H groups in total. The van der Waals surface area contributed by atoms with Crippen LogP contribution in [0.15, 0.2) is 67.0 Å². The molecule has 1 saturated heterocycles. The van der Waals surface area contributed by atoms with E-state index in [1.165, 1.54) is 17.5 Å². The van der Waals surface area contributed by atoms with Crippen LogP contribution in [0, 0.1) is 11.3 Å². The van der Waals surface area contributed by atoms with Gasteiger partial charge in [-0.2, -0.15) is 0 Å². The first-order valence-corrected chi connectivity index (χ1v) is 12.1. The molecule has 2 aromatic heterocycles. The molecule has 1 aliphatic rings. The Labute approximate surface area is 201 Å². The lowest BCUT2D eigenvalue weighted by Gasteiger charge is -2.17. The van der Waals surface area contributed by atoms with Crippen molar-refractivity contribution in [2.45, 2.75) is 39.7 Å². The van der Waals surface area contributed by atoms with Crippen molar-refractivity contribution >= 4 is 17.5 Å². The Morgan fingerprint density at radius 3 is 2.76 bits per heavy atom. The lowest BCUT2D eigenvalue weighted by Crippen LogP contribution is -2.20. The van der Waals surface area contributed by atoms with Gasteiger partial charge in [0.15, 0.2) is 5.65 Å². The molecule has 0 radical (unpaired) electrons. The third-order valence-electron chi connectivity index (χ3n) is 6.79. The van der Waals surface area contributed by atoms with E-state index < -0.39 is 5.41 Å². The predicted octanol–water partition coefficient (Wildman–Crippen LogP) is 5.46. The summed E-state index contributed by atoms with van der Waals surface area (Å²) in [6.07, 6.45) is 7.81. The first kappa shape index (κ1) is 22.5. The van der Waals surface area contributed by atoms with Crippen LogP contribution in [0.3, 0.4) is 0 Å². The van der Waals surface area contributed by atoms with E-state index in [-0.39, 0.29) is 0 Å². The van der Waals surface area contributed by atoms with Crippen molar-refractivity contribution in [2.24, 2.45) is 11.3 Å². The summed E-state index contributed by atoms with van der Waals surface area (Å²) in [6, 6.07) is 19.5. The molecule has 0 aliphatic carbocycles. The lowest BCUT2D eigenvalue weighted by molar-refractivity contribution is -0.114. The van der Waals surface area contributed by atoms with Gasteiger partial charge in [-0.1, -0.05) is 62.4 Å². The first-order valence-electron chi connectivity index (χ1n) is 12.1. The number of fused-ring (bicyclic) bond motifs is 1. The Balaban J connectivity index is 1.30. The summed E-state index contributed by atoms with van der Waals surface area (Å²) in [6.45, 7) is 7.14. The van der Waals surface area contributed by atoms with Crippen LogP contribution in [0.4, 0.5) is 0 Å². The molecule has 1 atom stereocenters. The Hall–Kier alpha value is -3.31. The number of carbonyl (C=O) groups excluding carboxylic acids is 1. The van der Waals surface area contributed by atoms with Gasteiger partial charge >= 0.3 is 0 Å². The fourth-order valence-corrected chi connectivity index (χ4v) is 5.01. The van der Waals surface area contributed by atoms with Crippen LogP contribution in [0.25, 0.3) is 22.4 Å². The molecule has 5 nitrogen and oxygen atoms in total. The molecule has 1 unspecified atom stereocenters. The maximum absolute atomic E-state index is 11.4. The SMILES string of the molecule is CC(C)(C=O)Cc1c[nH]c2ncc(-c3cccc(CN4CCC(Cc5ccccc5)C4)c3)nc12. The van der Waals surface area contributed by atoms with E-state index >= 15 is 0 Å². The predicted molar refractivity (Wildman–Crippen MR) is 136 cm³/mol. The summed E-state index contributed by atoms with van der Waals surface area (Å²) in [4.78, 5) is 26.7. The zero-order valence-electron chi connectivity index (χ0n) is 20.0. The third kappa shape index (κ3) is 5.10. The molecule has 3 heterocycles. The summed E-state index contributed by atoms with van der Waals surface area (Å²) in [5.41, 5.74) is 6.89. The van der Waals surface area contributed by atoms with Gasteiger partial charge in [0.1, 0.15) is 11.8 Å². The number of hydrogen-bond acceptors (Lipinski definition) is 4. The maximum Gasteiger partial charge on any atom is 0.156 e. The van der Waals surface area contributed by atoms with Gasteiger partial charge in [0, 0.05) is 30.3 Å². The molecule has 174 valence electrons. The Morgan fingerprint density at radius 2 is 1.94 bits per heavy atom. The average Bonchev–Trinajstić information content (AvgIpc) is 3.46. The molecule has 0 spiro atoms. The highest BCUT2D eigenvalue weighted by atomic mass is 16.1. The lowest BCUT2D eigenvalue weighted by atomic mass is 9.88. The summed E-state index contributed by atoms with van der Waals surface area (Å²) < 4.78 is 0. The van der Waals surface area contributed by atoms with Crippen LogP contribution in [0.2, 0.25) is 0 Å². The molecule has 34 heavy (non-hydrogen) atoms. The molecule has 2 aromatic carbocycles. The van der Waals surface area contributed by atoms with Gasteiger partial charge < -0.3 is 9.78 Å². The van der Waals surface area contributed by atoms with Gasteiger partial charge in [0.2, 0.25) is 0 Å². The van der Waals surface area contributed by atoms with Crippen LogP contribution >= 0.6 is 0 Å². The van der Waals surface area contributed by atoms with E-state index in [0.717, 1.165) is 66.2 Å². The van der Waals surface area contributed by atoms with Crippen LogP contribution in [0.1, 0.15) is 37.0 Å². The average molecular weight is 453 g/mol. The second-order valence-corrected chi connectivity index (χ2v) is 10.3. The van der Waals surface area contributed by atoms with E-state index in [0.29, 0.717) is 6.42 Å². The number of carbonyl (C=O) groups is 1. The molecular weight excluding hydrogens is 420 g/mol. The fraction of sp³-hybridized carbons (Fsp3) is 0.345. The number of likely N-dealkylation sites (tertiary alicyclic amines) is 1. The van der Waals surface area contributed by atoms with Gasteiger partial charge in [-0.25, -0.2) is 9.97 Å². The smallest absolute Gasteiger partial charge is 0.156 e. The highest BCUT2D eigenvalue weighted by Crippen LogP contribution is 2.27. The van der Waals surface area contributed by atoms with E-state index in [2.05, 4.69) is 69.5 Å². The number of benzene rings is 2.